The normalized spacial score (nSPS) is 21.1. The molecule has 3 rings (SSSR count). The van der Waals surface area contributed by atoms with E-state index < -0.39 is 0 Å². The lowest BCUT2D eigenvalue weighted by Crippen LogP contribution is -2.47. The number of ether oxygens (including phenoxy) is 2. The molecule has 0 aromatic heterocycles. The summed E-state index contributed by atoms with van der Waals surface area (Å²) in [4.78, 5) is 14.9. The molecule has 5 nitrogen and oxygen atoms in total. The summed E-state index contributed by atoms with van der Waals surface area (Å²) in [6.45, 7) is 2.01. The Kier molecular flexibility index (Phi) is 6.56. The molecule has 1 aromatic rings. The van der Waals surface area contributed by atoms with E-state index in [9.17, 15) is 4.79 Å². The first-order valence-electron chi connectivity index (χ1n) is 9.56. The lowest BCUT2D eigenvalue weighted by atomic mass is 10.1. The predicted octanol–water partition coefficient (Wildman–Crippen LogP) is 3.72. The van der Waals surface area contributed by atoms with Crippen molar-refractivity contribution in [3.63, 3.8) is 0 Å². The van der Waals surface area contributed by atoms with E-state index in [2.05, 4.69) is 5.32 Å². The van der Waals surface area contributed by atoms with Crippen molar-refractivity contribution in [3.05, 3.63) is 29.8 Å². The molecule has 1 heterocycles. The minimum atomic E-state index is 0.0204. The van der Waals surface area contributed by atoms with Gasteiger partial charge in [0.15, 0.2) is 0 Å². The number of benzene rings is 1. The van der Waals surface area contributed by atoms with Crippen LogP contribution in [0.4, 0.5) is 4.79 Å². The third-order valence-electron chi connectivity index (χ3n) is 5.31. The fourth-order valence-corrected chi connectivity index (χ4v) is 3.87. The molecule has 5 heteroatoms. The Morgan fingerprint density at radius 3 is 2.68 bits per heavy atom. The number of carbonyl (C=O) groups is 1. The molecule has 0 spiro atoms. The number of rotatable bonds is 6. The van der Waals surface area contributed by atoms with E-state index in [-0.39, 0.29) is 12.1 Å². The van der Waals surface area contributed by atoms with Gasteiger partial charge in [0.1, 0.15) is 5.75 Å². The Morgan fingerprint density at radius 2 is 1.96 bits per heavy atom. The van der Waals surface area contributed by atoms with Crippen LogP contribution in [0.3, 0.4) is 0 Å². The number of nitrogens with zero attached hydrogens (tertiary/aromatic N) is 1. The molecule has 1 N–H and O–H groups in total. The van der Waals surface area contributed by atoms with Crippen molar-refractivity contribution in [1.82, 2.24) is 10.2 Å². The Hall–Kier alpha value is -1.75. The standard InChI is InChI=1S/C20H30N2O3/c1-24-19-12-5-2-8-16(19)15-22(17-9-3-4-10-17)20(23)21-14-18-11-6-7-13-25-18/h2,5,8,12,17-18H,3-4,6-7,9-11,13-15H2,1H3,(H,21,23)/t18-/m0/s1. The largest absolute Gasteiger partial charge is 0.496 e. The van der Waals surface area contributed by atoms with Crippen LogP contribution in [0.25, 0.3) is 0 Å². The van der Waals surface area contributed by atoms with Crippen LogP contribution in [0.15, 0.2) is 24.3 Å². The Labute approximate surface area is 150 Å². The molecule has 1 aliphatic heterocycles. The predicted molar refractivity (Wildman–Crippen MR) is 97.8 cm³/mol. The molecular weight excluding hydrogens is 316 g/mol. The van der Waals surface area contributed by atoms with Gasteiger partial charge in [-0.15, -0.1) is 0 Å². The zero-order chi connectivity index (χ0) is 17.5. The van der Waals surface area contributed by atoms with E-state index in [1.165, 1.54) is 19.3 Å². The van der Waals surface area contributed by atoms with Gasteiger partial charge in [0, 0.05) is 24.8 Å². The summed E-state index contributed by atoms with van der Waals surface area (Å²) in [5.41, 5.74) is 1.06. The molecule has 25 heavy (non-hydrogen) atoms. The molecule has 138 valence electrons. The average Bonchev–Trinajstić information content (AvgIpc) is 3.19. The van der Waals surface area contributed by atoms with Crippen LogP contribution in [-0.2, 0) is 11.3 Å². The van der Waals surface area contributed by atoms with Crippen LogP contribution >= 0.6 is 0 Å². The van der Waals surface area contributed by atoms with Crippen LogP contribution in [-0.4, -0.2) is 43.3 Å². The first-order chi connectivity index (χ1) is 12.3. The van der Waals surface area contributed by atoms with Gasteiger partial charge in [-0.25, -0.2) is 4.79 Å². The SMILES string of the molecule is COc1ccccc1CN(C(=O)NC[C@@H]1CCCCO1)C1CCCC1. The van der Waals surface area contributed by atoms with E-state index >= 15 is 0 Å². The summed E-state index contributed by atoms with van der Waals surface area (Å²) in [6.07, 6.45) is 8.09. The van der Waals surface area contributed by atoms with Crippen molar-refractivity contribution in [2.75, 3.05) is 20.3 Å². The molecule has 1 saturated heterocycles. The summed E-state index contributed by atoms with van der Waals surface area (Å²) in [5, 5.41) is 3.11. The van der Waals surface area contributed by atoms with Gasteiger partial charge in [0.25, 0.3) is 0 Å². The second-order valence-electron chi connectivity index (χ2n) is 7.05. The van der Waals surface area contributed by atoms with Crippen molar-refractivity contribution in [1.29, 1.82) is 0 Å². The number of methoxy groups -OCH3 is 1. The van der Waals surface area contributed by atoms with Gasteiger partial charge in [0.05, 0.1) is 19.8 Å². The minimum absolute atomic E-state index is 0.0204. The van der Waals surface area contributed by atoms with Crippen molar-refractivity contribution in [2.24, 2.45) is 0 Å². The maximum absolute atomic E-state index is 12.9. The minimum Gasteiger partial charge on any atom is -0.496 e. The molecule has 0 bridgehead atoms. The van der Waals surface area contributed by atoms with Gasteiger partial charge >= 0.3 is 6.03 Å². The molecular formula is C20H30N2O3. The van der Waals surface area contributed by atoms with Crippen LogP contribution in [0.5, 0.6) is 5.75 Å². The highest BCUT2D eigenvalue weighted by molar-refractivity contribution is 5.74. The zero-order valence-electron chi connectivity index (χ0n) is 15.2. The van der Waals surface area contributed by atoms with Crippen molar-refractivity contribution < 1.29 is 14.3 Å². The molecule has 2 fully saturated rings. The van der Waals surface area contributed by atoms with Crippen molar-refractivity contribution >= 4 is 6.03 Å². The van der Waals surface area contributed by atoms with E-state index in [1.54, 1.807) is 7.11 Å². The van der Waals surface area contributed by atoms with Gasteiger partial charge in [-0.2, -0.15) is 0 Å². The number of hydrogen-bond donors (Lipinski definition) is 1. The number of amides is 2. The fourth-order valence-electron chi connectivity index (χ4n) is 3.87. The Bertz CT molecular complexity index is 552. The highest BCUT2D eigenvalue weighted by Gasteiger charge is 2.28. The first-order valence-corrected chi connectivity index (χ1v) is 9.56. The van der Waals surface area contributed by atoms with E-state index in [4.69, 9.17) is 9.47 Å². The number of urea groups is 1. The monoisotopic (exact) mass is 346 g/mol. The summed E-state index contributed by atoms with van der Waals surface area (Å²) in [5.74, 6) is 0.842. The molecule has 1 saturated carbocycles. The van der Waals surface area contributed by atoms with E-state index in [1.807, 2.05) is 29.2 Å². The second kappa shape index (κ2) is 9.09. The van der Waals surface area contributed by atoms with Gasteiger partial charge < -0.3 is 19.7 Å². The van der Waals surface area contributed by atoms with Crippen LogP contribution in [0.1, 0.15) is 50.5 Å². The van der Waals surface area contributed by atoms with Gasteiger partial charge in [-0.1, -0.05) is 31.0 Å². The van der Waals surface area contributed by atoms with E-state index in [0.717, 1.165) is 43.6 Å². The van der Waals surface area contributed by atoms with Crippen molar-refractivity contribution in [2.45, 2.75) is 63.6 Å². The lowest BCUT2D eigenvalue weighted by Gasteiger charge is -2.31. The topological polar surface area (TPSA) is 50.8 Å². The van der Waals surface area contributed by atoms with Crippen LogP contribution in [0.2, 0.25) is 0 Å². The maximum atomic E-state index is 12.9. The Balaban J connectivity index is 1.64. The molecule has 2 aliphatic rings. The summed E-state index contributed by atoms with van der Waals surface area (Å²) in [7, 11) is 1.68. The summed E-state index contributed by atoms with van der Waals surface area (Å²) < 4.78 is 11.2. The van der Waals surface area contributed by atoms with E-state index in [0.29, 0.717) is 19.1 Å². The molecule has 2 amide bonds. The van der Waals surface area contributed by atoms with Gasteiger partial charge in [0.2, 0.25) is 0 Å². The average molecular weight is 346 g/mol. The molecule has 0 unspecified atom stereocenters. The smallest absolute Gasteiger partial charge is 0.318 e. The van der Waals surface area contributed by atoms with Crippen LogP contribution < -0.4 is 10.1 Å². The third-order valence-corrected chi connectivity index (χ3v) is 5.31. The zero-order valence-corrected chi connectivity index (χ0v) is 15.2. The molecule has 1 aromatic carbocycles. The summed E-state index contributed by atoms with van der Waals surface area (Å²) >= 11 is 0. The highest BCUT2D eigenvalue weighted by atomic mass is 16.5. The summed E-state index contributed by atoms with van der Waals surface area (Å²) in [6, 6.07) is 8.29. The quantitative estimate of drug-likeness (QED) is 0.854. The first kappa shape index (κ1) is 18.1. The van der Waals surface area contributed by atoms with Crippen molar-refractivity contribution in [3.8, 4) is 5.75 Å². The Morgan fingerprint density at radius 1 is 1.20 bits per heavy atom. The lowest BCUT2D eigenvalue weighted by molar-refractivity contribution is 0.0174. The number of hydrogen-bond acceptors (Lipinski definition) is 3. The van der Waals surface area contributed by atoms with Crippen LogP contribution in [0, 0.1) is 0 Å². The third kappa shape index (κ3) is 4.88. The number of carbonyl (C=O) groups excluding carboxylic acids is 1. The van der Waals surface area contributed by atoms with Gasteiger partial charge in [-0.3, -0.25) is 0 Å². The fraction of sp³-hybridized carbons (Fsp3) is 0.650. The van der Waals surface area contributed by atoms with Gasteiger partial charge in [-0.05, 0) is 38.2 Å². The second-order valence-corrected chi connectivity index (χ2v) is 7.05. The number of para-hydroxylation sites is 1. The maximum Gasteiger partial charge on any atom is 0.318 e. The number of nitrogens with one attached hydrogen (secondary N) is 1. The molecule has 1 aliphatic carbocycles. The molecule has 1 atom stereocenters. The highest BCUT2D eigenvalue weighted by Crippen LogP contribution is 2.27. The molecule has 0 radical (unpaired) electrons.